The molecule has 0 saturated heterocycles. The van der Waals surface area contributed by atoms with Gasteiger partial charge in [-0.2, -0.15) is 5.26 Å². The molecule has 0 bridgehead atoms. The summed E-state index contributed by atoms with van der Waals surface area (Å²) >= 11 is 0. The lowest BCUT2D eigenvalue weighted by Crippen LogP contribution is -2.24. The monoisotopic (exact) mass is 214 g/mol. The molecule has 0 aliphatic carbocycles. The van der Waals surface area contributed by atoms with Gasteiger partial charge in [-0.3, -0.25) is 0 Å². The van der Waals surface area contributed by atoms with Gasteiger partial charge in [-0.1, -0.05) is 29.8 Å². The zero-order valence-corrected chi connectivity index (χ0v) is 9.98. The fourth-order valence-electron chi connectivity index (χ4n) is 1.44. The Labute approximate surface area is 97.8 Å². The molecule has 0 N–H and O–H groups in total. The summed E-state index contributed by atoms with van der Waals surface area (Å²) in [5, 5.41) is 8.65. The Morgan fingerprint density at radius 2 is 2.00 bits per heavy atom. The molecule has 2 heteroatoms. The van der Waals surface area contributed by atoms with Gasteiger partial charge in [0, 0.05) is 18.8 Å². The largest absolute Gasteiger partial charge is 0.367 e. The molecular weight excluding hydrogens is 196 g/mol. The maximum absolute atomic E-state index is 8.65. The standard InChI is InChI=1S/C14H18N2/c1-13(2)9-12-16(11-6-10-15)14-7-4-3-5-8-14/h3-5,7-9H,6,11-12H2,1-2H3. The van der Waals surface area contributed by atoms with E-state index >= 15 is 0 Å². The zero-order valence-electron chi connectivity index (χ0n) is 9.98. The van der Waals surface area contributed by atoms with Crippen LogP contribution in [0.25, 0.3) is 0 Å². The van der Waals surface area contributed by atoms with E-state index in [2.05, 4.69) is 43.0 Å². The van der Waals surface area contributed by atoms with E-state index in [1.165, 1.54) is 11.3 Å². The molecule has 0 radical (unpaired) electrons. The van der Waals surface area contributed by atoms with Crippen LogP contribution in [0.15, 0.2) is 42.0 Å². The van der Waals surface area contributed by atoms with Crippen molar-refractivity contribution in [3.8, 4) is 6.07 Å². The van der Waals surface area contributed by atoms with Crippen LogP contribution in [0.4, 0.5) is 5.69 Å². The SMILES string of the molecule is CC(C)=CCN(CCC#N)c1ccccc1. The molecule has 0 heterocycles. The maximum Gasteiger partial charge on any atom is 0.0640 e. The van der Waals surface area contributed by atoms with E-state index in [0.29, 0.717) is 6.42 Å². The van der Waals surface area contributed by atoms with E-state index in [1.54, 1.807) is 0 Å². The molecule has 0 aliphatic rings. The lowest BCUT2D eigenvalue weighted by Gasteiger charge is -2.22. The number of allylic oxidation sites excluding steroid dienone is 1. The second-order valence-corrected chi connectivity index (χ2v) is 3.97. The van der Waals surface area contributed by atoms with Gasteiger partial charge < -0.3 is 4.90 Å². The number of nitriles is 1. The lowest BCUT2D eigenvalue weighted by molar-refractivity contribution is 0.855. The van der Waals surface area contributed by atoms with E-state index in [-0.39, 0.29) is 0 Å². The summed E-state index contributed by atoms with van der Waals surface area (Å²) in [6, 6.07) is 12.4. The van der Waals surface area contributed by atoms with Gasteiger partial charge in [-0.15, -0.1) is 0 Å². The van der Waals surface area contributed by atoms with Crippen LogP contribution in [-0.4, -0.2) is 13.1 Å². The number of benzene rings is 1. The Bertz CT molecular complexity index is 369. The first-order valence-corrected chi connectivity index (χ1v) is 5.54. The Morgan fingerprint density at radius 3 is 2.56 bits per heavy atom. The zero-order chi connectivity index (χ0) is 11.8. The molecule has 2 nitrogen and oxygen atoms in total. The first kappa shape index (κ1) is 12.3. The number of para-hydroxylation sites is 1. The van der Waals surface area contributed by atoms with Gasteiger partial charge in [0.1, 0.15) is 0 Å². The molecule has 0 amide bonds. The van der Waals surface area contributed by atoms with Crippen LogP contribution in [0.5, 0.6) is 0 Å². The summed E-state index contributed by atoms with van der Waals surface area (Å²) < 4.78 is 0. The van der Waals surface area contributed by atoms with Crippen LogP contribution in [-0.2, 0) is 0 Å². The highest BCUT2D eigenvalue weighted by Crippen LogP contribution is 2.13. The van der Waals surface area contributed by atoms with Crippen LogP contribution < -0.4 is 4.90 Å². The average Bonchev–Trinajstić information content (AvgIpc) is 2.30. The normalized spacial score (nSPS) is 9.31. The van der Waals surface area contributed by atoms with Gasteiger partial charge in [-0.05, 0) is 26.0 Å². The minimum absolute atomic E-state index is 0.561. The fraction of sp³-hybridized carbons (Fsp3) is 0.357. The van der Waals surface area contributed by atoms with E-state index in [0.717, 1.165) is 13.1 Å². The van der Waals surface area contributed by atoms with Crippen LogP contribution in [0.3, 0.4) is 0 Å². The van der Waals surface area contributed by atoms with Crippen molar-refractivity contribution in [1.82, 2.24) is 0 Å². The average molecular weight is 214 g/mol. The van der Waals surface area contributed by atoms with Crippen molar-refractivity contribution < 1.29 is 0 Å². The molecule has 1 aromatic rings. The van der Waals surface area contributed by atoms with Gasteiger partial charge in [0.15, 0.2) is 0 Å². The number of hydrogen-bond donors (Lipinski definition) is 0. The molecule has 1 rings (SSSR count). The highest BCUT2D eigenvalue weighted by atomic mass is 15.1. The fourth-order valence-corrected chi connectivity index (χ4v) is 1.44. The topological polar surface area (TPSA) is 27.0 Å². The summed E-state index contributed by atoms with van der Waals surface area (Å²) in [5.74, 6) is 0. The van der Waals surface area contributed by atoms with Crippen molar-refractivity contribution in [1.29, 1.82) is 5.26 Å². The maximum atomic E-state index is 8.65. The molecule has 0 unspecified atom stereocenters. The molecule has 0 fully saturated rings. The minimum Gasteiger partial charge on any atom is -0.367 e. The smallest absolute Gasteiger partial charge is 0.0640 e. The molecule has 0 aromatic heterocycles. The van der Waals surface area contributed by atoms with Crippen LogP contribution in [0, 0.1) is 11.3 Å². The van der Waals surface area contributed by atoms with Crippen LogP contribution >= 0.6 is 0 Å². The van der Waals surface area contributed by atoms with Gasteiger partial charge in [-0.25, -0.2) is 0 Å². The predicted octanol–water partition coefficient (Wildman–Crippen LogP) is 3.37. The molecule has 16 heavy (non-hydrogen) atoms. The molecule has 84 valence electrons. The van der Waals surface area contributed by atoms with Gasteiger partial charge >= 0.3 is 0 Å². The molecular formula is C14H18N2. The summed E-state index contributed by atoms with van der Waals surface area (Å²) in [6.45, 7) is 5.83. The van der Waals surface area contributed by atoms with Crippen molar-refractivity contribution in [3.63, 3.8) is 0 Å². The number of nitrogens with zero attached hydrogens (tertiary/aromatic N) is 2. The summed E-state index contributed by atoms with van der Waals surface area (Å²) in [4.78, 5) is 2.22. The van der Waals surface area contributed by atoms with E-state index in [1.807, 2.05) is 18.2 Å². The molecule has 1 aromatic carbocycles. The molecule has 0 aliphatic heterocycles. The van der Waals surface area contributed by atoms with Crippen molar-refractivity contribution >= 4 is 5.69 Å². The van der Waals surface area contributed by atoms with Gasteiger partial charge in [0.25, 0.3) is 0 Å². The van der Waals surface area contributed by atoms with Gasteiger partial charge in [0.05, 0.1) is 12.5 Å². The second kappa shape index (κ2) is 6.68. The first-order valence-electron chi connectivity index (χ1n) is 5.54. The molecule has 0 spiro atoms. The predicted molar refractivity (Wildman–Crippen MR) is 68.3 cm³/mol. The number of hydrogen-bond acceptors (Lipinski definition) is 2. The van der Waals surface area contributed by atoms with Gasteiger partial charge in [0.2, 0.25) is 0 Å². The lowest BCUT2D eigenvalue weighted by atomic mass is 10.2. The molecule has 0 saturated carbocycles. The summed E-state index contributed by atoms with van der Waals surface area (Å²) in [6.07, 6.45) is 2.75. The Kier molecular flexibility index (Phi) is 5.15. The third kappa shape index (κ3) is 4.18. The molecule has 0 atom stereocenters. The van der Waals surface area contributed by atoms with Crippen molar-refractivity contribution in [2.24, 2.45) is 0 Å². The van der Waals surface area contributed by atoms with Crippen molar-refractivity contribution in [2.45, 2.75) is 20.3 Å². The van der Waals surface area contributed by atoms with Crippen LogP contribution in [0.2, 0.25) is 0 Å². The number of anilines is 1. The Morgan fingerprint density at radius 1 is 1.31 bits per heavy atom. The highest BCUT2D eigenvalue weighted by Gasteiger charge is 2.03. The van der Waals surface area contributed by atoms with E-state index < -0.39 is 0 Å². The highest BCUT2D eigenvalue weighted by molar-refractivity contribution is 5.46. The van der Waals surface area contributed by atoms with Crippen LogP contribution in [0.1, 0.15) is 20.3 Å². The third-order valence-corrected chi connectivity index (χ3v) is 2.33. The minimum atomic E-state index is 0.561. The summed E-state index contributed by atoms with van der Waals surface area (Å²) in [5.41, 5.74) is 2.48. The Balaban J connectivity index is 2.72. The van der Waals surface area contributed by atoms with E-state index in [9.17, 15) is 0 Å². The third-order valence-electron chi connectivity index (χ3n) is 2.33. The number of rotatable bonds is 5. The van der Waals surface area contributed by atoms with Crippen molar-refractivity contribution in [2.75, 3.05) is 18.0 Å². The first-order chi connectivity index (χ1) is 7.74. The summed E-state index contributed by atoms with van der Waals surface area (Å²) in [7, 11) is 0. The second-order valence-electron chi connectivity index (χ2n) is 3.97. The quantitative estimate of drug-likeness (QED) is 0.703. The van der Waals surface area contributed by atoms with Crippen molar-refractivity contribution in [3.05, 3.63) is 42.0 Å². The Hall–Kier alpha value is -1.75. The van der Waals surface area contributed by atoms with E-state index in [4.69, 9.17) is 5.26 Å².